The zero-order valence-electron chi connectivity index (χ0n) is 4.90. The number of hydrogen-bond acceptors (Lipinski definition) is 5. The molecule has 1 rings (SSSR count). The van der Waals surface area contributed by atoms with Crippen LogP contribution < -0.4 is 0 Å². The van der Waals surface area contributed by atoms with E-state index in [9.17, 15) is 10.1 Å². The standard InChI is InChI=1S/C3HCl2N3O2S/c4-3(5,8(9)10)2-7-6-1-11-2/h1H. The molecule has 0 bridgehead atoms. The molecule has 1 aromatic rings. The molecule has 8 heteroatoms. The highest BCUT2D eigenvalue weighted by Gasteiger charge is 2.43. The zero-order chi connectivity index (χ0) is 8.48. The molecular weight excluding hydrogens is 213 g/mol. The summed E-state index contributed by atoms with van der Waals surface area (Å²) < 4.78 is -2.17. The van der Waals surface area contributed by atoms with Gasteiger partial charge in [-0.2, -0.15) is 0 Å². The molecule has 0 aliphatic rings. The summed E-state index contributed by atoms with van der Waals surface area (Å²) in [6, 6.07) is 0. The van der Waals surface area contributed by atoms with Crippen molar-refractivity contribution < 1.29 is 4.92 Å². The fourth-order valence-corrected chi connectivity index (χ4v) is 1.23. The number of rotatable bonds is 2. The molecule has 1 aromatic heterocycles. The lowest BCUT2D eigenvalue weighted by Crippen LogP contribution is -2.21. The van der Waals surface area contributed by atoms with Gasteiger partial charge in [0.1, 0.15) is 5.51 Å². The van der Waals surface area contributed by atoms with E-state index in [0.717, 1.165) is 11.3 Å². The van der Waals surface area contributed by atoms with Gasteiger partial charge in [0, 0.05) is 0 Å². The van der Waals surface area contributed by atoms with Crippen LogP contribution in [0.15, 0.2) is 5.51 Å². The van der Waals surface area contributed by atoms with E-state index in [-0.39, 0.29) is 5.01 Å². The van der Waals surface area contributed by atoms with E-state index in [0.29, 0.717) is 0 Å². The predicted octanol–water partition coefficient (Wildman–Crippen LogP) is 1.40. The van der Waals surface area contributed by atoms with Crippen LogP contribution in [-0.2, 0) is 4.46 Å². The number of aromatic nitrogens is 2. The normalized spacial score (nSPS) is 11.5. The third-order valence-electron chi connectivity index (χ3n) is 0.847. The molecule has 0 saturated carbocycles. The number of alkyl halides is 2. The van der Waals surface area contributed by atoms with Gasteiger partial charge in [-0.1, -0.05) is 11.3 Å². The van der Waals surface area contributed by atoms with Gasteiger partial charge in [-0.15, -0.1) is 10.2 Å². The maximum atomic E-state index is 10.2. The van der Waals surface area contributed by atoms with Crippen LogP contribution in [0, 0.1) is 10.1 Å². The first-order valence-corrected chi connectivity index (χ1v) is 3.97. The molecular formula is C3HCl2N3O2S. The van der Waals surface area contributed by atoms with Gasteiger partial charge >= 0.3 is 4.46 Å². The Kier molecular flexibility index (Phi) is 2.26. The highest BCUT2D eigenvalue weighted by Crippen LogP contribution is 2.34. The van der Waals surface area contributed by atoms with E-state index in [4.69, 9.17) is 23.2 Å². The van der Waals surface area contributed by atoms with E-state index >= 15 is 0 Å². The Hall–Kier alpha value is -0.460. The molecule has 0 aliphatic heterocycles. The largest absolute Gasteiger partial charge is 0.424 e. The van der Waals surface area contributed by atoms with Crippen molar-refractivity contribution in [2.24, 2.45) is 0 Å². The van der Waals surface area contributed by atoms with Crippen molar-refractivity contribution in [1.82, 2.24) is 10.2 Å². The van der Waals surface area contributed by atoms with Gasteiger partial charge in [0.05, 0.1) is 4.92 Å². The average molecular weight is 214 g/mol. The Balaban J connectivity index is 3.00. The Bertz CT molecular complexity index is 262. The molecule has 0 saturated heterocycles. The fraction of sp³-hybridized carbons (Fsp3) is 0.333. The predicted molar refractivity (Wildman–Crippen MR) is 40.3 cm³/mol. The smallest absolute Gasteiger partial charge is 0.261 e. The molecule has 0 aliphatic carbocycles. The number of nitro groups is 1. The highest BCUT2D eigenvalue weighted by atomic mass is 35.5. The van der Waals surface area contributed by atoms with Crippen molar-refractivity contribution in [3.63, 3.8) is 0 Å². The maximum absolute atomic E-state index is 10.2. The molecule has 0 fully saturated rings. The monoisotopic (exact) mass is 213 g/mol. The Morgan fingerprint density at radius 1 is 1.73 bits per heavy atom. The third-order valence-corrected chi connectivity index (χ3v) is 2.50. The lowest BCUT2D eigenvalue weighted by molar-refractivity contribution is -0.523. The summed E-state index contributed by atoms with van der Waals surface area (Å²) in [6.45, 7) is 0. The van der Waals surface area contributed by atoms with E-state index in [1.54, 1.807) is 0 Å². The summed E-state index contributed by atoms with van der Waals surface area (Å²) in [4.78, 5) is 9.36. The van der Waals surface area contributed by atoms with Crippen LogP contribution >= 0.6 is 34.5 Å². The molecule has 11 heavy (non-hydrogen) atoms. The Morgan fingerprint density at radius 3 is 2.73 bits per heavy atom. The second-order valence-corrected chi connectivity index (χ2v) is 3.66. The molecule has 0 amide bonds. The Morgan fingerprint density at radius 2 is 2.36 bits per heavy atom. The summed E-state index contributed by atoms with van der Waals surface area (Å²) in [5.74, 6) is 0. The molecule has 0 aromatic carbocycles. The van der Waals surface area contributed by atoms with Gasteiger partial charge in [0.15, 0.2) is 0 Å². The third kappa shape index (κ3) is 1.58. The molecule has 0 atom stereocenters. The van der Waals surface area contributed by atoms with Gasteiger partial charge in [-0.25, -0.2) is 0 Å². The van der Waals surface area contributed by atoms with E-state index < -0.39 is 9.38 Å². The molecule has 5 nitrogen and oxygen atoms in total. The van der Waals surface area contributed by atoms with Gasteiger partial charge in [0.2, 0.25) is 5.01 Å². The lowest BCUT2D eigenvalue weighted by Gasteiger charge is -2.04. The van der Waals surface area contributed by atoms with Crippen molar-refractivity contribution >= 4 is 34.5 Å². The minimum Gasteiger partial charge on any atom is -0.261 e. The van der Waals surface area contributed by atoms with Crippen LogP contribution in [0.2, 0.25) is 0 Å². The molecule has 0 N–H and O–H groups in total. The first-order valence-electron chi connectivity index (χ1n) is 2.34. The quantitative estimate of drug-likeness (QED) is 0.323. The molecule has 60 valence electrons. The number of hydrogen-bond donors (Lipinski definition) is 0. The van der Waals surface area contributed by atoms with Gasteiger partial charge < -0.3 is 0 Å². The zero-order valence-corrected chi connectivity index (χ0v) is 7.23. The second kappa shape index (κ2) is 2.88. The molecule has 0 unspecified atom stereocenters. The van der Waals surface area contributed by atoms with Crippen molar-refractivity contribution in [1.29, 1.82) is 0 Å². The summed E-state index contributed by atoms with van der Waals surface area (Å²) in [6.07, 6.45) is 0. The SMILES string of the molecule is O=[N+]([O-])C(Cl)(Cl)c1nncs1. The van der Waals surface area contributed by atoms with E-state index in [2.05, 4.69) is 10.2 Å². The van der Waals surface area contributed by atoms with Crippen molar-refractivity contribution in [2.45, 2.75) is 4.46 Å². The van der Waals surface area contributed by atoms with Gasteiger partial charge in [-0.3, -0.25) is 10.1 Å². The molecule has 0 spiro atoms. The van der Waals surface area contributed by atoms with Crippen LogP contribution in [0.3, 0.4) is 0 Å². The van der Waals surface area contributed by atoms with E-state index in [1.807, 2.05) is 0 Å². The summed E-state index contributed by atoms with van der Waals surface area (Å²) in [5.41, 5.74) is 1.32. The molecule has 1 heterocycles. The minimum atomic E-state index is -2.17. The topological polar surface area (TPSA) is 68.9 Å². The van der Waals surface area contributed by atoms with E-state index in [1.165, 1.54) is 5.51 Å². The average Bonchev–Trinajstić information content (AvgIpc) is 2.37. The number of halogens is 2. The summed E-state index contributed by atoms with van der Waals surface area (Å²) in [5, 5.41) is 16.9. The fourth-order valence-electron chi connectivity index (χ4n) is 0.382. The van der Waals surface area contributed by atoms with Crippen LogP contribution in [0.25, 0.3) is 0 Å². The Labute approximate surface area is 75.1 Å². The summed E-state index contributed by atoms with van der Waals surface area (Å²) in [7, 11) is 0. The lowest BCUT2D eigenvalue weighted by atomic mass is 10.7. The maximum Gasteiger partial charge on any atom is 0.424 e. The van der Waals surface area contributed by atoms with Crippen molar-refractivity contribution in [2.75, 3.05) is 0 Å². The number of nitrogens with zero attached hydrogens (tertiary/aromatic N) is 3. The van der Waals surface area contributed by atoms with Gasteiger partial charge in [-0.05, 0) is 23.2 Å². The van der Waals surface area contributed by atoms with Crippen LogP contribution in [0.5, 0.6) is 0 Å². The van der Waals surface area contributed by atoms with Crippen LogP contribution in [0.4, 0.5) is 0 Å². The van der Waals surface area contributed by atoms with Crippen LogP contribution in [0.1, 0.15) is 5.01 Å². The molecule has 0 radical (unpaired) electrons. The minimum absolute atomic E-state index is 0.0363. The summed E-state index contributed by atoms with van der Waals surface area (Å²) >= 11 is 11.6. The first-order chi connectivity index (χ1) is 5.05. The van der Waals surface area contributed by atoms with Crippen LogP contribution in [-0.4, -0.2) is 15.1 Å². The van der Waals surface area contributed by atoms with Crippen molar-refractivity contribution in [3.05, 3.63) is 20.6 Å². The van der Waals surface area contributed by atoms with Crippen molar-refractivity contribution in [3.8, 4) is 0 Å². The first kappa shape index (κ1) is 8.63. The highest BCUT2D eigenvalue weighted by molar-refractivity contribution is 7.10. The second-order valence-electron chi connectivity index (χ2n) is 1.54. The van der Waals surface area contributed by atoms with Gasteiger partial charge in [0.25, 0.3) is 0 Å².